The van der Waals surface area contributed by atoms with Crippen molar-refractivity contribution >= 4 is 15.9 Å². The lowest BCUT2D eigenvalue weighted by molar-refractivity contribution is -0.123. The van der Waals surface area contributed by atoms with Gasteiger partial charge in [-0.2, -0.15) is 0 Å². The summed E-state index contributed by atoms with van der Waals surface area (Å²) in [6.45, 7) is 4.01. The maximum atomic E-state index is 11.9. The van der Waals surface area contributed by atoms with Crippen molar-refractivity contribution in [2.45, 2.75) is 44.7 Å². The molecule has 1 saturated heterocycles. The summed E-state index contributed by atoms with van der Waals surface area (Å²) in [5, 5.41) is 3.05. The molecule has 2 aliphatic rings. The molecule has 1 amide bonds. The second-order valence-corrected chi connectivity index (χ2v) is 7.91. The zero-order valence-corrected chi connectivity index (χ0v) is 13.1. The van der Waals surface area contributed by atoms with Gasteiger partial charge in [-0.1, -0.05) is 0 Å². The number of hydrogen-bond acceptors (Lipinski definition) is 4. The second-order valence-electron chi connectivity index (χ2n) is 6.13. The highest BCUT2D eigenvalue weighted by Crippen LogP contribution is 2.32. The Hall–Kier alpha value is -0.660. The van der Waals surface area contributed by atoms with Crippen molar-refractivity contribution in [1.29, 1.82) is 0 Å². The van der Waals surface area contributed by atoms with Gasteiger partial charge in [-0.25, -0.2) is 13.1 Å². The zero-order chi connectivity index (χ0) is 14.8. The summed E-state index contributed by atoms with van der Waals surface area (Å²) in [7, 11) is -3.13. The molecule has 0 radical (unpaired) electrons. The van der Waals surface area contributed by atoms with E-state index in [-0.39, 0.29) is 18.0 Å². The predicted molar refractivity (Wildman–Crippen MR) is 77.8 cm³/mol. The van der Waals surface area contributed by atoms with Gasteiger partial charge in [0.25, 0.3) is 0 Å². The highest BCUT2D eigenvalue weighted by molar-refractivity contribution is 7.88. The first kappa shape index (κ1) is 15.7. The van der Waals surface area contributed by atoms with Gasteiger partial charge in [0.2, 0.25) is 15.9 Å². The molecule has 1 heterocycles. The average Bonchev–Trinajstić information content (AvgIpc) is 3.13. The van der Waals surface area contributed by atoms with Gasteiger partial charge in [0.15, 0.2) is 0 Å². The Morgan fingerprint density at radius 1 is 1.25 bits per heavy atom. The number of amides is 1. The molecule has 7 heteroatoms. The molecule has 0 spiro atoms. The smallest absolute Gasteiger partial charge is 0.234 e. The molecule has 1 unspecified atom stereocenters. The van der Waals surface area contributed by atoms with E-state index in [1.54, 1.807) is 0 Å². The molecule has 0 aromatic heterocycles. The van der Waals surface area contributed by atoms with E-state index in [2.05, 4.69) is 21.9 Å². The number of hydrogen-bond donors (Lipinski definition) is 2. The summed E-state index contributed by atoms with van der Waals surface area (Å²) < 4.78 is 25.0. The van der Waals surface area contributed by atoms with Gasteiger partial charge < -0.3 is 5.32 Å². The van der Waals surface area contributed by atoms with E-state index in [0.717, 1.165) is 25.9 Å². The quantitative estimate of drug-likeness (QED) is 0.719. The van der Waals surface area contributed by atoms with E-state index < -0.39 is 10.0 Å². The molecule has 2 rings (SSSR count). The first-order chi connectivity index (χ1) is 9.33. The zero-order valence-electron chi connectivity index (χ0n) is 12.3. The van der Waals surface area contributed by atoms with Crippen LogP contribution < -0.4 is 10.0 Å². The lowest BCUT2D eigenvalue weighted by Crippen LogP contribution is -2.48. The predicted octanol–water partition coefficient (Wildman–Crippen LogP) is -0.0853. The van der Waals surface area contributed by atoms with Crippen LogP contribution in [0, 0.1) is 5.92 Å². The number of carbonyl (C=O) groups excluding carboxylic acids is 1. The Bertz CT molecular complexity index is 440. The number of likely N-dealkylation sites (tertiary alicyclic amines) is 1. The lowest BCUT2D eigenvalue weighted by atomic mass is 10.1. The first-order valence-electron chi connectivity index (χ1n) is 7.32. The Kier molecular flexibility index (Phi) is 5.04. The minimum absolute atomic E-state index is 0.00898. The molecule has 2 N–H and O–H groups in total. The minimum atomic E-state index is -3.13. The number of rotatable bonds is 6. The van der Waals surface area contributed by atoms with Gasteiger partial charge in [-0.05, 0) is 38.5 Å². The van der Waals surface area contributed by atoms with Crippen LogP contribution in [0.1, 0.15) is 32.6 Å². The summed E-state index contributed by atoms with van der Waals surface area (Å²) >= 11 is 0. The van der Waals surface area contributed by atoms with Gasteiger partial charge >= 0.3 is 0 Å². The normalized spacial score (nSPS) is 23.5. The molecular formula is C13H25N3O3S. The molecule has 1 aliphatic heterocycles. The summed E-state index contributed by atoms with van der Waals surface area (Å²) in [6, 6.07) is 0.293. The standard InChI is InChI=1S/C13H25N3O3S/c1-10(11-3-4-11)14-13(17)9-16-7-5-12(6-8-16)15-20(2,18)19/h10-12,15H,3-9H2,1-2H3,(H,14,17). The van der Waals surface area contributed by atoms with E-state index in [0.29, 0.717) is 12.5 Å². The number of nitrogens with zero attached hydrogens (tertiary/aromatic N) is 1. The van der Waals surface area contributed by atoms with Crippen molar-refractivity contribution in [3.63, 3.8) is 0 Å². The molecular weight excluding hydrogens is 278 g/mol. The van der Waals surface area contributed by atoms with E-state index in [1.165, 1.54) is 19.1 Å². The largest absolute Gasteiger partial charge is 0.352 e. The van der Waals surface area contributed by atoms with Crippen LogP contribution in [0.15, 0.2) is 0 Å². The number of piperidine rings is 1. The van der Waals surface area contributed by atoms with Gasteiger partial charge in [-0.15, -0.1) is 0 Å². The number of carbonyl (C=O) groups is 1. The van der Waals surface area contributed by atoms with Crippen molar-refractivity contribution in [2.75, 3.05) is 25.9 Å². The molecule has 1 saturated carbocycles. The maximum Gasteiger partial charge on any atom is 0.234 e. The fraction of sp³-hybridized carbons (Fsp3) is 0.923. The summed E-state index contributed by atoms with van der Waals surface area (Å²) in [4.78, 5) is 14.0. The fourth-order valence-electron chi connectivity index (χ4n) is 2.73. The minimum Gasteiger partial charge on any atom is -0.352 e. The van der Waals surface area contributed by atoms with Crippen LogP contribution in [0.4, 0.5) is 0 Å². The highest BCUT2D eigenvalue weighted by Gasteiger charge is 2.29. The fourth-order valence-corrected chi connectivity index (χ4v) is 3.57. The Labute approximate surface area is 121 Å². The third kappa shape index (κ3) is 5.38. The molecule has 1 atom stereocenters. The molecule has 6 nitrogen and oxygen atoms in total. The van der Waals surface area contributed by atoms with Crippen molar-refractivity contribution < 1.29 is 13.2 Å². The van der Waals surface area contributed by atoms with Crippen molar-refractivity contribution in [2.24, 2.45) is 5.92 Å². The summed E-state index contributed by atoms with van der Waals surface area (Å²) in [6.07, 6.45) is 5.16. The summed E-state index contributed by atoms with van der Waals surface area (Å²) in [5.74, 6) is 0.752. The van der Waals surface area contributed by atoms with Gasteiger partial charge in [0.1, 0.15) is 0 Å². The number of nitrogens with one attached hydrogen (secondary N) is 2. The first-order valence-corrected chi connectivity index (χ1v) is 9.21. The molecule has 20 heavy (non-hydrogen) atoms. The van der Waals surface area contributed by atoms with E-state index in [9.17, 15) is 13.2 Å². The Balaban J connectivity index is 1.67. The molecule has 2 fully saturated rings. The Morgan fingerprint density at radius 3 is 2.35 bits per heavy atom. The van der Waals surface area contributed by atoms with Crippen LogP contribution in [-0.4, -0.2) is 57.2 Å². The van der Waals surface area contributed by atoms with Gasteiger partial charge in [0, 0.05) is 25.2 Å². The lowest BCUT2D eigenvalue weighted by Gasteiger charge is -2.31. The van der Waals surface area contributed by atoms with Crippen LogP contribution in [0.25, 0.3) is 0 Å². The highest BCUT2D eigenvalue weighted by atomic mass is 32.2. The molecule has 1 aliphatic carbocycles. The molecule has 0 aromatic carbocycles. The van der Waals surface area contributed by atoms with Crippen molar-refractivity contribution in [3.05, 3.63) is 0 Å². The van der Waals surface area contributed by atoms with Crippen LogP contribution >= 0.6 is 0 Å². The second kappa shape index (κ2) is 6.41. The Morgan fingerprint density at radius 2 is 1.85 bits per heavy atom. The van der Waals surface area contributed by atoms with Crippen LogP contribution in [0.3, 0.4) is 0 Å². The molecule has 0 bridgehead atoms. The average molecular weight is 303 g/mol. The van der Waals surface area contributed by atoms with Gasteiger partial charge in [-0.3, -0.25) is 9.69 Å². The maximum absolute atomic E-state index is 11.9. The van der Waals surface area contributed by atoms with Gasteiger partial charge in [0.05, 0.1) is 12.8 Å². The van der Waals surface area contributed by atoms with Crippen molar-refractivity contribution in [1.82, 2.24) is 14.9 Å². The number of sulfonamides is 1. The monoisotopic (exact) mass is 303 g/mol. The van der Waals surface area contributed by atoms with E-state index in [1.807, 2.05) is 0 Å². The topological polar surface area (TPSA) is 78.5 Å². The summed E-state index contributed by atoms with van der Waals surface area (Å²) in [5.41, 5.74) is 0. The van der Waals surface area contributed by atoms with E-state index in [4.69, 9.17) is 0 Å². The van der Waals surface area contributed by atoms with Crippen molar-refractivity contribution in [3.8, 4) is 0 Å². The SMILES string of the molecule is CC(NC(=O)CN1CCC(NS(C)(=O)=O)CC1)C1CC1. The van der Waals surface area contributed by atoms with Crippen LogP contribution in [0.5, 0.6) is 0 Å². The van der Waals surface area contributed by atoms with Crippen LogP contribution in [0.2, 0.25) is 0 Å². The third-order valence-electron chi connectivity index (χ3n) is 4.05. The molecule has 116 valence electrons. The van der Waals surface area contributed by atoms with Crippen LogP contribution in [-0.2, 0) is 14.8 Å². The molecule has 0 aromatic rings. The third-order valence-corrected chi connectivity index (χ3v) is 4.81. The van der Waals surface area contributed by atoms with E-state index >= 15 is 0 Å².